The van der Waals surface area contributed by atoms with Crippen LogP contribution in [0.2, 0.25) is 0 Å². The van der Waals surface area contributed by atoms with Crippen molar-refractivity contribution in [2.24, 2.45) is 0 Å². The molecule has 0 aliphatic heterocycles. The Kier molecular flexibility index (Phi) is 6.60. The van der Waals surface area contributed by atoms with E-state index in [2.05, 4.69) is 194 Å². The van der Waals surface area contributed by atoms with Crippen LogP contribution in [0.4, 0.5) is 0 Å². The van der Waals surface area contributed by atoms with Gasteiger partial charge in [0.25, 0.3) is 0 Å². The van der Waals surface area contributed by atoms with Gasteiger partial charge in [-0.25, -0.2) is 0 Å². The maximum atomic E-state index is 2.41. The summed E-state index contributed by atoms with van der Waals surface area (Å²) in [6.07, 6.45) is 0. The number of rotatable bonds is 4. The molecule has 0 aliphatic rings. The molecule has 10 aromatic carbocycles. The molecule has 0 amide bonds. The Morgan fingerprint density at radius 3 is 0.800 bits per heavy atom. The largest absolute Gasteiger partial charge is 0.0622 e. The maximum Gasteiger partial charge on any atom is -0.00928 e. The average molecular weight is 633 g/mol. The molecule has 0 N–H and O–H groups in total. The molecule has 0 unspecified atom stereocenters. The third-order valence-electron chi connectivity index (χ3n) is 10.5. The summed E-state index contributed by atoms with van der Waals surface area (Å²) in [5.74, 6) is 0. The van der Waals surface area contributed by atoms with Crippen molar-refractivity contribution < 1.29 is 0 Å². The first-order valence-corrected chi connectivity index (χ1v) is 17.4. The fourth-order valence-electron chi connectivity index (χ4n) is 8.13. The molecule has 0 aromatic heterocycles. The molecule has 0 saturated carbocycles. The van der Waals surface area contributed by atoms with Crippen molar-refractivity contribution in [2.45, 2.75) is 0 Å². The lowest BCUT2D eigenvalue weighted by atomic mass is 9.87. The molecule has 10 aromatic rings. The molecular weight excluding hydrogens is 601 g/mol. The first-order valence-electron chi connectivity index (χ1n) is 17.4. The molecule has 0 aliphatic carbocycles. The van der Waals surface area contributed by atoms with Gasteiger partial charge in [0.05, 0.1) is 0 Å². The molecule has 0 spiro atoms. The van der Waals surface area contributed by atoms with E-state index in [0.717, 1.165) is 0 Å². The van der Waals surface area contributed by atoms with Crippen molar-refractivity contribution in [2.75, 3.05) is 0 Å². The monoisotopic (exact) mass is 632 g/mol. The summed E-state index contributed by atoms with van der Waals surface area (Å²) < 4.78 is 0. The van der Waals surface area contributed by atoms with Crippen molar-refractivity contribution in [3.8, 4) is 44.5 Å². The molecule has 0 radical (unpaired) electrons. The summed E-state index contributed by atoms with van der Waals surface area (Å²) in [6.45, 7) is 0. The Morgan fingerprint density at radius 1 is 0.160 bits per heavy atom. The van der Waals surface area contributed by atoms with Gasteiger partial charge >= 0.3 is 0 Å². The topological polar surface area (TPSA) is 0 Å². The molecule has 0 fully saturated rings. The van der Waals surface area contributed by atoms with Crippen molar-refractivity contribution in [3.63, 3.8) is 0 Å². The summed E-state index contributed by atoms with van der Waals surface area (Å²) >= 11 is 0. The van der Waals surface area contributed by atoms with Crippen LogP contribution in [0.15, 0.2) is 194 Å². The van der Waals surface area contributed by atoms with Gasteiger partial charge in [-0.15, -0.1) is 0 Å². The van der Waals surface area contributed by atoms with Crippen molar-refractivity contribution >= 4 is 53.9 Å². The van der Waals surface area contributed by atoms with Crippen molar-refractivity contribution in [3.05, 3.63) is 194 Å². The lowest BCUT2D eigenvalue weighted by molar-refractivity contribution is 1.63. The molecule has 0 heteroatoms. The second-order valence-electron chi connectivity index (χ2n) is 13.2. The van der Waals surface area contributed by atoms with Crippen LogP contribution < -0.4 is 0 Å². The minimum absolute atomic E-state index is 1.24. The van der Waals surface area contributed by atoms with E-state index in [1.54, 1.807) is 0 Å². The van der Waals surface area contributed by atoms with Gasteiger partial charge in [-0.3, -0.25) is 0 Å². The van der Waals surface area contributed by atoms with Gasteiger partial charge in [0.1, 0.15) is 0 Å². The van der Waals surface area contributed by atoms with Gasteiger partial charge in [-0.05, 0) is 111 Å². The second kappa shape index (κ2) is 11.6. The molecule has 0 nitrogen and oxygen atoms in total. The highest BCUT2D eigenvalue weighted by Gasteiger charge is 2.15. The number of benzene rings is 10. The molecule has 0 bridgehead atoms. The van der Waals surface area contributed by atoms with E-state index in [-0.39, 0.29) is 0 Å². The lowest BCUT2D eigenvalue weighted by Gasteiger charge is -2.16. The molecule has 0 saturated heterocycles. The number of hydrogen-bond donors (Lipinski definition) is 0. The van der Waals surface area contributed by atoms with Gasteiger partial charge in [0, 0.05) is 0 Å². The first-order chi connectivity index (χ1) is 24.8. The summed E-state index contributed by atoms with van der Waals surface area (Å²) in [5.41, 5.74) is 10.00. The predicted octanol–water partition coefficient (Wildman–Crippen LogP) is 14.1. The smallest absolute Gasteiger partial charge is 0.00928 e. The highest BCUT2D eigenvalue weighted by Crippen LogP contribution is 2.42. The Hall–Kier alpha value is -6.50. The van der Waals surface area contributed by atoms with Crippen LogP contribution in [-0.4, -0.2) is 0 Å². The average Bonchev–Trinajstić information content (AvgIpc) is 3.20. The van der Waals surface area contributed by atoms with Crippen LogP contribution in [0, 0.1) is 0 Å². The summed E-state index contributed by atoms with van der Waals surface area (Å²) in [7, 11) is 0. The van der Waals surface area contributed by atoms with Crippen LogP contribution in [0.3, 0.4) is 0 Å². The number of fused-ring (bicyclic) bond motifs is 8. The molecule has 232 valence electrons. The normalized spacial score (nSPS) is 11.6. The Morgan fingerprint density at radius 2 is 0.440 bits per heavy atom. The van der Waals surface area contributed by atoms with Crippen LogP contribution in [-0.2, 0) is 0 Å². The van der Waals surface area contributed by atoms with E-state index in [4.69, 9.17) is 0 Å². The third-order valence-corrected chi connectivity index (χ3v) is 10.5. The SMILES string of the molecule is c1ccc(-c2ccc(-c3ccc4c5ccc(-c6ccc(-c7ccccc7)c7ccccc67)cc5c5ccccc5c4c3)c3ccccc23)cc1. The standard InChI is InChI=1S/C50H32/c1-3-13-33(14-4-1)37-27-29-39(43-19-9-7-17-41(37)43)35-23-25-47-48-26-24-36(32-50(48)46-22-12-11-21-45(46)49(47)31-35)40-30-28-38(34-15-5-2-6-16-34)42-18-8-10-20-44(40)42/h1-32H. The van der Waals surface area contributed by atoms with E-state index in [1.165, 1.54) is 98.4 Å². The van der Waals surface area contributed by atoms with Gasteiger partial charge in [-0.2, -0.15) is 0 Å². The van der Waals surface area contributed by atoms with Gasteiger partial charge < -0.3 is 0 Å². The zero-order valence-corrected chi connectivity index (χ0v) is 27.5. The van der Waals surface area contributed by atoms with E-state index in [9.17, 15) is 0 Å². The minimum Gasteiger partial charge on any atom is -0.0622 e. The Bertz CT molecular complexity index is 2680. The fraction of sp³-hybridized carbons (Fsp3) is 0. The zero-order chi connectivity index (χ0) is 33.0. The fourth-order valence-corrected chi connectivity index (χ4v) is 8.13. The first kappa shape index (κ1) is 28.5. The molecule has 10 rings (SSSR count). The van der Waals surface area contributed by atoms with Gasteiger partial charge in [0.2, 0.25) is 0 Å². The van der Waals surface area contributed by atoms with Crippen LogP contribution in [0.5, 0.6) is 0 Å². The second-order valence-corrected chi connectivity index (χ2v) is 13.2. The Labute approximate surface area is 291 Å². The predicted molar refractivity (Wildman–Crippen MR) is 216 cm³/mol. The summed E-state index contributed by atoms with van der Waals surface area (Å²) in [4.78, 5) is 0. The van der Waals surface area contributed by atoms with E-state index in [0.29, 0.717) is 0 Å². The molecule has 50 heavy (non-hydrogen) atoms. The van der Waals surface area contributed by atoms with Crippen LogP contribution in [0.25, 0.3) is 98.4 Å². The highest BCUT2D eigenvalue weighted by atomic mass is 14.2. The summed E-state index contributed by atoms with van der Waals surface area (Å²) in [5, 5.41) is 12.8. The van der Waals surface area contributed by atoms with Gasteiger partial charge in [-0.1, -0.05) is 182 Å². The zero-order valence-electron chi connectivity index (χ0n) is 27.5. The maximum absolute atomic E-state index is 2.41. The Balaban J connectivity index is 1.16. The quantitative estimate of drug-likeness (QED) is 0.169. The minimum atomic E-state index is 1.24. The highest BCUT2D eigenvalue weighted by molar-refractivity contribution is 6.26. The van der Waals surface area contributed by atoms with Crippen LogP contribution in [0.1, 0.15) is 0 Å². The van der Waals surface area contributed by atoms with Gasteiger partial charge in [0.15, 0.2) is 0 Å². The van der Waals surface area contributed by atoms with Crippen molar-refractivity contribution in [1.29, 1.82) is 0 Å². The number of hydrogen-bond acceptors (Lipinski definition) is 0. The lowest BCUT2D eigenvalue weighted by Crippen LogP contribution is -1.89. The molecule has 0 atom stereocenters. The van der Waals surface area contributed by atoms with Crippen LogP contribution >= 0.6 is 0 Å². The van der Waals surface area contributed by atoms with Crippen molar-refractivity contribution in [1.82, 2.24) is 0 Å². The summed E-state index contributed by atoms with van der Waals surface area (Å²) in [6, 6.07) is 71.2. The van der Waals surface area contributed by atoms with E-state index >= 15 is 0 Å². The third kappa shape index (κ3) is 4.54. The van der Waals surface area contributed by atoms with E-state index < -0.39 is 0 Å². The van der Waals surface area contributed by atoms with E-state index in [1.807, 2.05) is 0 Å². The molecule has 0 heterocycles. The molecular formula is C50H32.